The second-order valence-corrected chi connectivity index (χ2v) is 6.99. The van der Waals surface area contributed by atoms with E-state index >= 15 is 0 Å². The second-order valence-electron chi connectivity index (χ2n) is 6.99. The van der Waals surface area contributed by atoms with E-state index in [1.54, 1.807) is 0 Å². The van der Waals surface area contributed by atoms with Gasteiger partial charge in [-0.2, -0.15) is 0 Å². The summed E-state index contributed by atoms with van der Waals surface area (Å²) in [5.41, 5.74) is -0.480. The molecule has 0 amide bonds. The Morgan fingerprint density at radius 3 is 1.79 bits per heavy atom. The third-order valence-corrected chi connectivity index (χ3v) is 5.01. The first kappa shape index (κ1) is 20.3. The molecule has 2 nitrogen and oxygen atoms in total. The highest BCUT2D eigenvalue weighted by atomic mass is 19.2. The van der Waals surface area contributed by atoms with Crippen LogP contribution in [0.5, 0.6) is 5.75 Å². The Kier molecular flexibility index (Phi) is 6.31. The Balaban J connectivity index is 1.83. The van der Waals surface area contributed by atoms with Crippen molar-refractivity contribution < 1.29 is 31.5 Å². The molecule has 1 aliphatic rings. The van der Waals surface area contributed by atoms with Gasteiger partial charge in [0, 0.05) is 12.1 Å². The lowest BCUT2D eigenvalue weighted by Crippen LogP contribution is -2.15. The van der Waals surface area contributed by atoms with Crippen LogP contribution in [0.2, 0.25) is 0 Å². The van der Waals surface area contributed by atoms with Gasteiger partial charge in [-0.25, -0.2) is 26.7 Å². The number of carbonyl (C=O) groups is 1. The molecule has 0 heterocycles. The molecule has 0 aromatic heterocycles. The van der Waals surface area contributed by atoms with Crippen LogP contribution in [0.25, 0.3) is 0 Å². The number of hydrogen-bond acceptors (Lipinski definition) is 2. The van der Waals surface area contributed by atoms with Crippen molar-refractivity contribution in [3.63, 3.8) is 0 Å². The highest BCUT2D eigenvalue weighted by Gasteiger charge is 2.24. The van der Waals surface area contributed by atoms with Gasteiger partial charge in [0.15, 0.2) is 17.5 Å². The Morgan fingerprint density at radius 1 is 0.750 bits per heavy atom. The number of halogens is 5. The van der Waals surface area contributed by atoms with Gasteiger partial charge in [-0.3, -0.25) is 0 Å². The smallest absolute Gasteiger partial charge is 0.349 e. The average molecular weight is 398 g/mol. The highest BCUT2D eigenvalue weighted by molar-refractivity contribution is 5.91. The molecule has 1 fully saturated rings. The van der Waals surface area contributed by atoms with E-state index in [4.69, 9.17) is 0 Å². The van der Waals surface area contributed by atoms with Gasteiger partial charge < -0.3 is 4.74 Å². The van der Waals surface area contributed by atoms with Crippen LogP contribution in [0, 0.1) is 29.1 Å². The summed E-state index contributed by atoms with van der Waals surface area (Å²) >= 11 is 0. The van der Waals surface area contributed by atoms with E-state index in [2.05, 4.69) is 4.74 Å². The summed E-state index contributed by atoms with van der Waals surface area (Å²) in [6, 6.07) is 3.07. The number of benzene rings is 2. The molecule has 0 radical (unpaired) electrons. The van der Waals surface area contributed by atoms with E-state index in [0.717, 1.165) is 57.1 Å². The lowest BCUT2D eigenvalue weighted by Gasteiger charge is -2.20. The van der Waals surface area contributed by atoms with Crippen molar-refractivity contribution in [2.75, 3.05) is 0 Å². The van der Waals surface area contributed by atoms with Crippen molar-refractivity contribution in [1.82, 2.24) is 0 Å². The van der Waals surface area contributed by atoms with E-state index in [9.17, 15) is 26.7 Å². The first-order valence-electron chi connectivity index (χ1n) is 9.22. The molecule has 150 valence electrons. The summed E-state index contributed by atoms with van der Waals surface area (Å²) in [5.74, 6) is -9.24. The largest absolute Gasteiger partial charge is 0.423 e. The van der Waals surface area contributed by atoms with E-state index < -0.39 is 46.4 Å². The average Bonchev–Trinajstić information content (AvgIpc) is 2.58. The van der Waals surface area contributed by atoms with Crippen molar-refractivity contribution in [2.24, 2.45) is 0 Å². The van der Waals surface area contributed by atoms with Gasteiger partial charge in [0.05, 0.1) is 0 Å². The number of rotatable bonds is 3. The number of carbonyl (C=O) groups excluding carboxylic acids is 1. The van der Waals surface area contributed by atoms with Gasteiger partial charge in [-0.05, 0) is 36.5 Å². The first-order valence-corrected chi connectivity index (χ1v) is 9.22. The first-order chi connectivity index (χ1) is 13.4. The van der Waals surface area contributed by atoms with Gasteiger partial charge in [0.2, 0.25) is 0 Å². The molecule has 2 aromatic rings. The van der Waals surface area contributed by atoms with Crippen LogP contribution in [-0.2, 0) is 0 Å². The minimum Gasteiger partial charge on any atom is -0.423 e. The maximum absolute atomic E-state index is 14.5. The van der Waals surface area contributed by atoms with E-state index in [0.29, 0.717) is 17.7 Å². The van der Waals surface area contributed by atoms with Gasteiger partial charge in [0.25, 0.3) is 0 Å². The summed E-state index contributed by atoms with van der Waals surface area (Å²) in [7, 11) is 0. The summed E-state index contributed by atoms with van der Waals surface area (Å²) in [6.07, 6.45) is 6.89. The molecule has 1 saturated carbocycles. The van der Waals surface area contributed by atoms with Gasteiger partial charge >= 0.3 is 5.97 Å². The summed E-state index contributed by atoms with van der Waals surface area (Å²) in [5, 5.41) is 0. The van der Waals surface area contributed by atoms with Crippen LogP contribution in [-0.4, -0.2) is 5.97 Å². The van der Waals surface area contributed by atoms with Gasteiger partial charge in [-0.15, -0.1) is 0 Å². The number of ether oxygens (including phenoxy) is 1. The summed E-state index contributed by atoms with van der Waals surface area (Å²) in [4.78, 5) is 12.1. The Morgan fingerprint density at radius 2 is 1.25 bits per heavy atom. The quantitative estimate of drug-likeness (QED) is 0.258. The van der Waals surface area contributed by atoms with Crippen LogP contribution in [0.4, 0.5) is 22.0 Å². The third kappa shape index (κ3) is 4.51. The maximum atomic E-state index is 14.5. The molecule has 28 heavy (non-hydrogen) atoms. The van der Waals surface area contributed by atoms with Crippen LogP contribution in [0.1, 0.15) is 66.8 Å². The normalized spacial score (nSPS) is 15.8. The number of hydrogen-bond donors (Lipinski definition) is 0. The molecule has 2 aromatic carbocycles. The zero-order chi connectivity index (χ0) is 20.3. The van der Waals surface area contributed by atoms with Crippen LogP contribution < -0.4 is 4.74 Å². The standard InChI is InChI=1S/C21H19F5O2/c22-15-8-13(12-6-4-2-1-3-5-7-12)9-16(23)19(15)21(27)28-14-10-17(24)20(26)18(25)11-14/h8-12H,1-7H2. The van der Waals surface area contributed by atoms with Gasteiger partial charge in [-0.1, -0.05) is 32.1 Å². The molecule has 0 N–H and O–H groups in total. The predicted octanol–water partition coefficient (Wildman–Crippen LogP) is 6.43. The minimum atomic E-state index is -1.74. The molecule has 0 aliphatic heterocycles. The lowest BCUT2D eigenvalue weighted by molar-refractivity contribution is 0.0723. The fraction of sp³-hybridized carbons (Fsp3) is 0.381. The highest BCUT2D eigenvalue weighted by Crippen LogP contribution is 2.33. The maximum Gasteiger partial charge on any atom is 0.349 e. The van der Waals surface area contributed by atoms with Gasteiger partial charge in [0.1, 0.15) is 22.9 Å². The zero-order valence-electron chi connectivity index (χ0n) is 15.0. The lowest BCUT2D eigenvalue weighted by atomic mass is 9.85. The molecule has 3 rings (SSSR count). The molecule has 0 atom stereocenters. The summed E-state index contributed by atoms with van der Waals surface area (Å²) < 4.78 is 73.0. The minimum absolute atomic E-state index is 0.00895. The Bertz CT molecular complexity index is 827. The van der Waals surface area contributed by atoms with Crippen LogP contribution in [0.3, 0.4) is 0 Å². The van der Waals surface area contributed by atoms with E-state index in [1.807, 2.05) is 0 Å². The van der Waals surface area contributed by atoms with Crippen molar-refractivity contribution in [1.29, 1.82) is 0 Å². The van der Waals surface area contributed by atoms with Crippen LogP contribution in [0.15, 0.2) is 24.3 Å². The summed E-state index contributed by atoms with van der Waals surface area (Å²) in [6.45, 7) is 0. The molecule has 0 bridgehead atoms. The van der Waals surface area contributed by atoms with Crippen molar-refractivity contribution in [3.8, 4) is 5.75 Å². The molecule has 0 spiro atoms. The van der Waals surface area contributed by atoms with Crippen molar-refractivity contribution in [3.05, 3.63) is 64.5 Å². The SMILES string of the molecule is O=C(Oc1cc(F)c(F)c(F)c1)c1c(F)cc(C2CCCCCCC2)cc1F. The fourth-order valence-electron chi connectivity index (χ4n) is 3.56. The zero-order valence-corrected chi connectivity index (χ0v) is 15.0. The third-order valence-electron chi connectivity index (χ3n) is 5.01. The molecule has 1 aliphatic carbocycles. The molecular weight excluding hydrogens is 379 g/mol. The van der Waals surface area contributed by atoms with E-state index in [1.165, 1.54) is 0 Å². The molecular formula is C21H19F5O2. The Labute approximate surface area is 159 Å². The van der Waals surface area contributed by atoms with E-state index in [-0.39, 0.29) is 5.92 Å². The van der Waals surface area contributed by atoms with Crippen molar-refractivity contribution in [2.45, 2.75) is 50.9 Å². The second kappa shape index (κ2) is 8.71. The number of esters is 1. The molecule has 7 heteroatoms. The topological polar surface area (TPSA) is 26.3 Å². The monoisotopic (exact) mass is 398 g/mol. The Hall–Kier alpha value is -2.44. The van der Waals surface area contributed by atoms with Crippen molar-refractivity contribution >= 4 is 5.97 Å². The molecule has 0 saturated heterocycles. The molecule has 0 unspecified atom stereocenters. The predicted molar refractivity (Wildman–Crippen MR) is 92.7 cm³/mol. The van der Waals surface area contributed by atoms with Crippen LogP contribution >= 0.6 is 0 Å². The fourth-order valence-corrected chi connectivity index (χ4v) is 3.56.